The number of para-hydroxylation sites is 2. The molecular weight excluding hydrogens is 402 g/mol. The van der Waals surface area contributed by atoms with Crippen LogP contribution in [0.15, 0.2) is 65.7 Å². The van der Waals surface area contributed by atoms with E-state index in [0.717, 1.165) is 0 Å². The Morgan fingerprint density at radius 3 is 2.63 bits per heavy atom. The number of nitrogens with zero attached hydrogens (tertiary/aromatic N) is 2. The summed E-state index contributed by atoms with van der Waals surface area (Å²) in [4.78, 5) is 29.2. The average Bonchev–Trinajstić information content (AvgIpc) is 3.24. The number of amides is 1. The molecule has 4 rings (SSSR count). The lowest BCUT2D eigenvalue weighted by Gasteiger charge is -2.24. The minimum absolute atomic E-state index is 0.0874. The maximum Gasteiger partial charge on any atom is 0.245 e. The van der Waals surface area contributed by atoms with E-state index in [4.69, 9.17) is 0 Å². The number of hydrogen-bond donors (Lipinski definition) is 1. The predicted molar refractivity (Wildman–Crippen MR) is 114 cm³/mol. The number of hydrogen-bond acceptors (Lipinski definition) is 5. The first-order valence-corrected chi connectivity index (χ1v) is 11.1. The van der Waals surface area contributed by atoms with Gasteiger partial charge in [0.15, 0.2) is 5.78 Å². The highest BCUT2D eigenvalue weighted by molar-refractivity contribution is 7.89. The Kier molecular flexibility index (Phi) is 5.36. The Hall–Kier alpha value is -3.10. The number of rotatable bonds is 5. The summed E-state index contributed by atoms with van der Waals surface area (Å²) in [5, 5.41) is 3.46. The Morgan fingerprint density at radius 1 is 1.07 bits per heavy atom. The van der Waals surface area contributed by atoms with Crippen molar-refractivity contribution >= 4 is 38.3 Å². The van der Waals surface area contributed by atoms with Gasteiger partial charge in [-0.3, -0.25) is 14.6 Å². The number of sulfonamides is 1. The van der Waals surface area contributed by atoms with Crippen LogP contribution in [0.25, 0.3) is 10.9 Å². The molecule has 1 aliphatic rings. The van der Waals surface area contributed by atoms with Crippen LogP contribution in [0.4, 0.5) is 5.69 Å². The van der Waals surface area contributed by atoms with Crippen molar-refractivity contribution in [3.8, 4) is 0 Å². The third-order valence-corrected chi connectivity index (χ3v) is 7.19. The molecule has 0 radical (unpaired) electrons. The van der Waals surface area contributed by atoms with Crippen LogP contribution in [-0.2, 0) is 14.8 Å². The number of fused-ring (bicyclic) bond motifs is 1. The Bertz CT molecular complexity index is 1230. The largest absolute Gasteiger partial charge is 0.324 e. The molecule has 2 heterocycles. The maximum absolute atomic E-state index is 13.4. The fraction of sp³-hybridized carbons (Fsp3) is 0.227. The van der Waals surface area contributed by atoms with Crippen LogP contribution in [0.3, 0.4) is 0 Å². The van der Waals surface area contributed by atoms with Crippen molar-refractivity contribution in [2.75, 3.05) is 11.9 Å². The molecule has 154 valence electrons. The van der Waals surface area contributed by atoms with Crippen molar-refractivity contribution in [2.45, 2.75) is 30.7 Å². The molecule has 0 bridgehead atoms. The molecule has 1 fully saturated rings. The average molecular weight is 423 g/mol. The van der Waals surface area contributed by atoms with Crippen molar-refractivity contribution in [3.63, 3.8) is 0 Å². The number of Topliss-reactive ketones (excluding diaryl/α,β-unsaturated/α-hetero) is 1. The fourth-order valence-corrected chi connectivity index (χ4v) is 5.64. The van der Waals surface area contributed by atoms with Crippen molar-refractivity contribution in [1.82, 2.24) is 9.29 Å². The second kappa shape index (κ2) is 7.97. The molecule has 1 saturated heterocycles. The topological polar surface area (TPSA) is 96.4 Å². The third-order valence-electron chi connectivity index (χ3n) is 5.25. The van der Waals surface area contributed by atoms with Gasteiger partial charge in [0.05, 0.1) is 11.2 Å². The quantitative estimate of drug-likeness (QED) is 0.636. The normalized spacial score (nSPS) is 17.2. The molecule has 8 heteroatoms. The maximum atomic E-state index is 13.4. The fourth-order valence-electron chi connectivity index (χ4n) is 3.82. The number of pyridine rings is 1. The summed E-state index contributed by atoms with van der Waals surface area (Å²) in [6.07, 6.45) is 2.53. The van der Waals surface area contributed by atoms with E-state index >= 15 is 0 Å². The van der Waals surface area contributed by atoms with E-state index in [1.807, 2.05) is 0 Å². The highest BCUT2D eigenvalue weighted by Crippen LogP contribution is 2.30. The number of nitrogens with one attached hydrogen (secondary N) is 1. The molecule has 0 saturated carbocycles. The molecule has 2 aromatic carbocycles. The zero-order chi connectivity index (χ0) is 21.3. The van der Waals surface area contributed by atoms with Gasteiger partial charge in [-0.25, -0.2) is 8.42 Å². The van der Waals surface area contributed by atoms with Gasteiger partial charge in [0.1, 0.15) is 10.9 Å². The lowest BCUT2D eigenvalue weighted by atomic mass is 10.1. The second-order valence-corrected chi connectivity index (χ2v) is 9.06. The van der Waals surface area contributed by atoms with Crippen LogP contribution in [0.2, 0.25) is 0 Å². The monoisotopic (exact) mass is 423 g/mol. The van der Waals surface area contributed by atoms with E-state index in [1.165, 1.54) is 17.3 Å². The Morgan fingerprint density at radius 2 is 1.83 bits per heavy atom. The van der Waals surface area contributed by atoms with Gasteiger partial charge in [0.25, 0.3) is 0 Å². The Labute approximate surface area is 174 Å². The highest BCUT2D eigenvalue weighted by Gasteiger charge is 2.40. The van der Waals surface area contributed by atoms with Crippen LogP contribution >= 0.6 is 0 Å². The summed E-state index contributed by atoms with van der Waals surface area (Å²) in [5.74, 6) is -0.624. The van der Waals surface area contributed by atoms with Crippen LogP contribution in [0.1, 0.15) is 30.1 Å². The smallest absolute Gasteiger partial charge is 0.245 e. The summed E-state index contributed by atoms with van der Waals surface area (Å²) in [7, 11) is -3.94. The molecule has 1 aliphatic heterocycles. The summed E-state index contributed by atoms with van der Waals surface area (Å²) in [6, 6.07) is 14.4. The minimum Gasteiger partial charge on any atom is -0.324 e. The first kappa shape index (κ1) is 20.2. The van der Waals surface area contributed by atoms with Crippen LogP contribution in [0.5, 0.6) is 0 Å². The summed E-state index contributed by atoms with van der Waals surface area (Å²) in [5.41, 5.74) is 1.15. The molecule has 30 heavy (non-hydrogen) atoms. The molecule has 0 unspecified atom stereocenters. The van der Waals surface area contributed by atoms with Gasteiger partial charge in [-0.05, 0) is 44.0 Å². The van der Waals surface area contributed by atoms with Gasteiger partial charge in [-0.2, -0.15) is 4.31 Å². The summed E-state index contributed by atoms with van der Waals surface area (Å²) >= 11 is 0. The zero-order valence-corrected chi connectivity index (χ0v) is 17.2. The molecule has 1 aromatic heterocycles. The summed E-state index contributed by atoms with van der Waals surface area (Å²) < 4.78 is 28.1. The number of anilines is 1. The van der Waals surface area contributed by atoms with Gasteiger partial charge in [0.2, 0.25) is 15.9 Å². The van der Waals surface area contributed by atoms with E-state index in [2.05, 4.69) is 10.3 Å². The molecular formula is C22H21N3O4S. The zero-order valence-electron chi connectivity index (χ0n) is 16.4. The molecule has 1 atom stereocenters. The van der Waals surface area contributed by atoms with Crippen molar-refractivity contribution in [1.29, 1.82) is 0 Å². The van der Waals surface area contributed by atoms with E-state index in [9.17, 15) is 18.0 Å². The summed E-state index contributed by atoms with van der Waals surface area (Å²) in [6.45, 7) is 1.67. The van der Waals surface area contributed by atoms with E-state index in [0.29, 0.717) is 35.0 Å². The van der Waals surface area contributed by atoms with Gasteiger partial charge < -0.3 is 5.32 Å². The van der Waals surface area contributed by atoms with E-state index in [-0.39, 0.29) is 17.2 Å². The van der Waals surface area contributed by atoms with Gasteiger partial charge in [-0.15, -0.1) is 0 Å². The van der Waals surface area contributed by atoms with Crippen molar-refractivity contribution in [3.05, 3.63) is 66.4 Å². The predicted octanol–water partition coefficient (Wildman–Crippen LogP) is 3.23. The van der Waals surface area contributed by atoms with Gasteiger partial charge in [-0.1, -0.05) is 30.3 Å². The number of benzene rings is 2. The first-order chi connectivity index (χ1) is 14.4. The SMILES string of the molecule is CC(=O)c1ccccc1NC(=O)[C@@H]1CCCN1S(=O)(=O)c1cccc2cccnc12. The minimum atomic E-state index is -3.94. The Balaban J connectivity index is 1.66. The molecule has 0 spiro atoms. The number of aromatic nitrogens is 1. The second-order valence-electron chi connectivity index (χ2n) is 7.20. The number of ketones is 1. The van der Waals surface area contributed by atoms with Crippen molar-refractivity contribution < 1.29 is 18.0 Å². The van der Waals surface area contributed by atoms with E-state index < -0.39 is 22.0 Å². The van der Waals surface area contributed by atoms with Crippen LogP contribution in [0, 0.1) is 0 Å². The van der Waals surface area contributed by atoms with Crippen molar-refractivity contribution in [2.24, 2.45) is 0 Å². The standard InChI is InChI=1S/C22H21N3O4S/c1-15(26)17-9-2-3-10-18(17)24-22(27)19-11-6-14-25(19)30(28,29)20-12-4-7-16-8-5-13-23-21(16)20/h2-5,7-10,12-13,19H,6,11,14H2,1H3,(H,24,27)/t19-/m0/s1. The molecule has 1 N–H and O–H groups in total. The van der Waals surface area contributed by atoms with Crippen LogP contribution < -0.4 is 5.32 Å². The molecule has 0 aliphatic carbocycles. The number of carbonyl (C=O) groups excluding carboxylic acids is 2. The highest BCUT2D eigenvalue weighted by atomic mass is 32.2. The third kappa shape index (κ3) is 3.59. The van der Waals surface area contributed by atoms with Gasteiger partial charge >= 0.3 is 0 Å². The number of carbonyl (C=O) groups is 2. The molecule has 1 amide bonds. The van der Waals surface area contributed by atoms with Crippen LogP contribution in [-0.4, -0.2) is 42.0 Å². The lowest BCUT2D eigenvalue weighted by Crippen LogP contribution is -2.43. The molecule has 3 aromatic rings. The first-order valence-electron chi connectivity index (χ1n) is 9.66. The van der Waals surface area contributed by atoms with E-state index in [1.54, 1.807) is 54.7 Å². The lowest BCUT2D eigenvalue weighted by molar-refractivity contribution is -0.119. The van der Waals surface area contributed by atoms with Gasteiger partial charge in [0, 0.05) is 23.7 Å². The molecule has 7 nitrogen and oxygen atoms in total.